The molecule has 0 bridgehead atoms. The molecular formula is C19H20F3N5O3S. The van der Waals surface area contributed by atoms with Crippen LogP contribution in [0.25, 0.3) is 10.2 Å². The molecule has 2 aromatic rings. The molecule has 1 saturated heterocycles. The smallest absolute Gasteiger partial charge is 0.417 e. The summed E-state index contributed by atoms with van der Waals surface area (Å²) < 4.78 is 45.8. The predicted octanol–water partition coefficient (Wildman–Crippen LogP) is 3.14. The van der Waals surface area contributed by atoms with E-state index in [0.29, 0.717) is 13.1 Å². The van der Waals surface area contributed by atoms with Crippen LogP contribution in [0.4, 0.5) is 23.8 Å². The highest BCUT2D eigenvalue weighted by molar-refractivity contribution is 7.17. The van der Waals surface area contributed by atoms with E-state index in [-0.39, 0.29) is 46.6 Å². The zero-order chi connectivity index (χ0) is 22.8. The van der Waals surface area contributed by atoms with Crippen molar-refractivity contribution in [3.05, 3.63) is 22.6 Å². The van der Waals surface area contributed by atoms with Crippen LogP contribution >= 0.6 is 11.3 Å². The number of nitrogens with one attached hydrogen (secondary N) is 2. The van der Waals surface area contributed by atoms with E-state index in [4.69, 9.17) is 10.00 Å². The summed E-state index contributed by atoms with van der Waals surface area (Å²) >= 11 is 0.831. The molecule has 166 valence electrons. The van der Waals surface area contributed by atoms with Crippen LogP contribution in [0.1, 0.15) is 29.3 Å². The zero-order valence-corrected chi connectivity index (χ0v) is 17.6. The van der Waals surface area contributed by atoms with E-state index < -0.39 is 23.7 Å². The third-order valence-electron chi connectivity index (χ3n) is 4.78. The number of amides is 2. The SMILES string of the molecule is CNC(=O)c1csc2c(C(F)(F)F)cc(N3CC(COC(=O)NC(C)CC#N)C3)nc12. The monoisotopic (exact) mass is 455 g/mol. The number of thiophene rings is 1. The number of nitrogens with zero attached hydrogens (tertiary/aromatic N) is 3. The number of carbonyl (C=O) groups is 2. The van der Waals surface area contributed by atoms with Crippen molar-refractivity contribution in [2.24, 2.45) is 5.92 Å². The van der Waals surface area contributed by atoms with Gasteiger partial charge in [-0.3, -0.25) is 4.79 Å². The molecule has 2 aromatic heterocycles. The molecule has 2 N–H and O–H groups in total. The fourth-order valence-corrected chi connectivity index (χ4v) is 4.17. The Bertz CT molecular complexity index is 1030. The van der Waals surface area contributed by atoms with E-state index >= 15 is 0 Å². The number of halogens is 3. The highest BCUT2D eigenvalue weighted by atomic mass is 32.1. The Morgan fingerprint density at radius 1 is 1.45 bits per heavy atom. The van der Waals surface area contributed by atoms with Gasteiger partial charge in [0.2, 0.25) is 0 Å². The molecule has 3 rings (SSSR count). The number of aromatic nitrogens is 1. The van der Waals surface area contributed by atoms with E-state index in [1.807, 2.05) is 6.07 Å². The number of fused-ring (bicyclic) bond motifs is 1. The lowest BCUT2D eigenvalue weighted by Gasteiger charge is -2.40. The Morgan fingerprint density at radius 3 is 2.77 bits per heavy atom. The minimum Gasteiger partial charge on any atom is -0.449 e. The second kappa shape index (κ2) is 8.97. The van der Waals surface area contributed by atoms with Gasteiger partial charge in [0.1, 0.15) is 5.82 Å². The number of anilines is 1. The zero-order valence-electron chi connectivity index (χ0n) is 16.7. The lowest BCUT2D eigenvalue weighted by atomic mass is 10.0. The number of pyridine rings is 1. The summed E-state index contributed by atoms with van der Waals surface area (Å²) in [6.07, 6.45) is -5.08. The van der Waals surface area contributed by atoms with Crippen LogP contribution in [0.3, 0.4) is 0 Å². The van der Waals surface area contributed by atoms with E-state index in [0.717, 1.165) is 17.4 Å². The third-order valence-corrected chi connectivity index (χ3v) is 5.78. The van der Waals surface area contributed by atoms with Crippen molar-refractivity contribution in [2.75, 3.05) is 31.6 Å². The summed E-state index contributed by atoms with van der Waals surface area (Å²) in [4.78, 5) is 29.7. The van der Waals surface area contributed by atoms with Crippen molar-refractivity contribution in [2.45, 2.75) is 25.6 Å². The van der Waals surface area contributed by atoms with Gasteiger partial charge in [-0.25, -0.2) is 9.78 Å². The number of hydrogen-bond donors (Lipinski definition) is 2. The maximum absolute atomic E-state index is 13.6. The van der Waals surface area contributed by atoms with Gasteiger partial charge in [0.25, 0.3) is 5.91 Å². The molecular weight excluding hydrogens is 435 g/mol. The number of alkyl halides is 3. The normalized spacial score (nSPS) is 15.2. The van der Waals surface area contributed by atoms with Gasteiger partial charge in [-0.2, -0.15) is 18.4 Å². The number of ether oxygens (including phenoxy) is 1. The fourth-order valence-electron chi connectivity index (χ4n) is 3.15. The molecule has 3 heterocycles. The van der Waals surface area contributed by atoms with Crippen LogP contribution < -0.4 is 15.5 Å². The Labute approximate surface area is 180 Å². The molecule has 1 fully saturated rings. The molecule has 12 heteroatoms. The van der Waals surface area contributed by atoms with Crippen molar-refractivity contribution in [1.82, 2.24) is 15.6 Å². The van der Waals surface area contributed by atoms with Gasteiger partial charge in [0, 0.05) is 37.5 Å². The minimum atomic E-state index is -4.59. The van der Waals surface area contributed by atoms with E-state index in [2.05, 4.69) is 15.6 Å². The molecule has 31 heavy (non-hydrogen) atoms. The molecule has 2 amide bonds. The third kappa shape index (κ3) is 4.99. The molecule has 1 aliphatic heterocycles. The summed E-state index contributed by atoms with van der Waals surface area (Å²) in [5.41, 5.74) is -0.726. The highest BCUT2D eigenvalue weighted by Gasteiger charge is 2.37. The molecule has 1 atom stereocenters. The average Bonchev–Trinajstić information content (AvgIpc) is 3.08. The summed E-state index contributed by atoms with van der Waals surface area (Å²) in [6, 6.07) is 2.58. The standard InChI is InChI=1S/C19H20F3N5O3S/c1-10(3-4-23)25-18(29)30-8-11-6-27(7-11)14-5-13(19(20,21)22)16-15(26-14)12(9-31-16)17(28)24-2/h5,9-11H,3,6-8H2,1-2H3,(H,24,28)(H,25,29). The Morgan fingerprint density at radius 2 is 2.16 bits per heavy atom. The highest BCUT2D eigenvalue weighted by Crippen LogP contribution is 2.41. The molecule has 1 aliphatic rings. The summed E-state index contributed by atoms with van der Waals surface area (Å²) in [5, 5.41) is 14.9. The fraction of sp³-hybridized carbons (Fsp3) is 0.474. The van der Waals surface area contributed by atoms with Crippen molar-refractivity contribution < 1.29 is 27.5 Å². The van der Waals surface area contributed by atoms with Gasteiger partial charge in [-0.05, 0) is 13.0 Å². The molecule has 0 spiro atoms. The first kappa shape index (κ1) is 22.6. The molecule has 0 aromatic carbocycles. The average molecular weight is 455 g/mol. The first-order valence-corrected chi connectivity index (χ1v) is 10.3. The molecule has 8 nitrogen and oxygen atoms in total. The maximum Gasteiger partial charge on any atom is 0.417 e. The van der Waals surface area contributed by atoms with E-state index in [1.165, 1.54) is 12.4 Å². The number of rotatable bonds is 6. The van der Waals surface area contributed by atoms with Crippen LogP contribution in [-0.2, 0) is 10.9 Å². The minimum absolute atomic E-state index is 0.0136. The number of carbonyl (C=O) groups excluding carboxylic acids is 2. The van der Waals surface area contributed by atoms with Crippen LogP contribution in [0.15, 0.2) is 11.4 Å². The van der Waals surface area contributed by atoms with Gasteiger partial charge < -0.3 is 20.3 Å². The molecule has 0 radical (unpaired) electrons. The van der Waals surface area contributed by atoms with Crippen molar-refractivity contribution in [3.8, 4) is 6.07 Å². The summed E-state index contributed by atoms with van der Waals surface area (Å²) in [5.74, 6) is -0.452. The van der Waals surface area contributed by atoms with Gasteiger partial charge in [-0.1, -0.05) is 0 Å². The number of nitriles is 1. The first-order valence-electron chi connectivity index (χ1n) is 9.40. The Balaban J connectivity index is 1.71. The second-order valence-electron chi connectivity index (χ2n) is 7.21. The van der Waals surface area contributed by atoms with Gasteiger partial charge in [-0.15, -0.1) is 11.3 Å². The largest absolute Gasteiger partial charge is 0.449 e. The van der Waals surface area contributed by atoms with Gasteiger partial charge >= 0.3 is 12.3 Å². The number of hydrogen-bond acceptors (Lipinski definition) is 7. The first-order chi connectivity index (χ1) is 14.6. The Kier molecular flexibility index (Phi) is 6.54. The quantitative estimate of drug-likeness (QED) is 0.693. The van der Waals surface area contributed by atoms with Crippen molar-refractivity contribution in [3.63, 3.8) is 0 Å². The van der Waals surface area contributed by atoms with E-state index in [1.54, 1.807) is 11.8 Å². The summed E-state index contributed by atoms with van der Waals surface area (Å²) in [6.45, 7) is 2.48. The van der Waals surface area contributed by atoms with E-state index in [9.17, 15) is 22.8 Å². The lowest BCUT2D eigenvalue weighted by Crippen LogP contribution is -2.50. The molecule has 0 aliphatic carbocycles. The van der Waals surface area contributed by atoms with Gasteiger partial charge in [0.05, 0.1) is 40.4 Å². The summed E-state index contributed by atoms with van der Waals surface area (Å²) in [7, 11) is 1.40. The van der Waals surface area contributed by atoms with Crippen molar-refractivity contribution >= 4 is 39.4 Å². The van der Waals surface area contributed by atoms with Crippen LogP contribution in [0.2, 0.25) is 0 Å². The number of alkyl carbamates (subject to hydrolysis) is 1. The molecule has 0 saturated carbocycles. The van der Waals surface area contributed by atoms with Crippen LogP contribution in [-0.4, -0.2) is 49.8 Å². The second-order valence-corrected chi connectivity index (χ2v) is 8.09. The lowest BCUT2D eigenvalue weighted by molar-refractivity contribution is -0.136. The topological polar surface area (TPSA) is 107 Å². The molecule has 1 unspecified atom stereocenters. The van der Waals surface area contributed by atoms with Crippen LogP contribution in [0.5, 0.6) is 0 Å². The predicted molar refractivity (Wildman–Crippen MR) is 108 cm³/mol. The maximum atomic E-state index is 13.6. The van der Waals surface area contributed by atoms with Gasteiger partial charge in [0.15, 0.2) is 0 Å². The van der Waals surface area contributed by atoms with Crippen LogP contribution in [0, 0.1) is 17.2 Å². The Hall–Kier alpha value is -3.07. The van der Waals surface area contributed by atoms with Crippen molar-refractivity contribution in [1.29, 1.82) is 5.26 Å².